The Balaban J connectivity index is 4.89. The van der Waals surface area contributed by atoms with Crippen LogP contribution < -0.4 is 0 Å². The predicted molar refractivity (Wildman–Crippen MR) is 62.7 cm³/mol. The van der Waals surface area contributed by atoms with Gasteiger partial charge in [0.15, 0.2) is 12.0 Å². The third-order valence-electron chi connectivity index (χ3n) is 2.23. The lowest BCUT2D eigenvalue weighted by Crippen LogP contribution is -2.42. The highest BCUT2D eigenvalue weighted by molar-refractivity contribution is 6.03. The highest BCUT2D eigenvalue weighted by Gasteiger charge is 2.39. The van der Waals surface area contributed by atoms with Crippen molar-refractivity contribution in [2.24, 2.45) is 5.92 Å². The summed E-state index contributed by atoms with van der Waals surface area (Å²) in [5.41, 5.74) is 0. The fourth-order valence-corrected chi connectivity index (χ4v) is 1.43. The summed E-state index contributed by atoms with van der Waals surface area (Å²) < 4.78 is 9.29. The van der Waals surface area contributed by atoms with Crippen LogP contribution in [-0.4, -0.2) is 42.1 Å². The van der Waals surface area contributed by atoms with Crippen LogP contribution >= 0.6 is 0 Å². The first-order valence-electron chi connectivity index (χ1n) is 6.03. The van der Waals surface area contributed by atoms with Gasteiger partial charge in [0.2, 0.25) is 0 Å². The maximum absolute atomic E-state index is 11.7. The number of ketones is 1. The number of Topliss-reactive ketones (excluding diaryl/α,β-unsaturated/α-hetero) is 1. The number of carbonyl (C=O) groups is 3. The Morgan fingerprint density at radius 2 is 1.50 bits per heavy atom. The molecule has 0 amide bonds. The quantitative estimate of drug-likeness (QED) is 0.503. The summed E-state index contributed by atoms with van der Waals surface area (Å²) in [5.74, 6) is -3.89. The normalized spacial score (nSPS) is 13.6. The average molecular weight is 260 g/mol. The fraction of sp³-hybridized carbons (Fsp3) is 0.750. The molecule has 0 aliphatic carbocycles. The van der Waals surface area contributed by atoms with E-state index >= 15 is 0 Å². The van der Waals surface area contributed by atoms with Crippen LogP contribution in [-0.2, 0) is 23.9 Å². The van der Waals surface area contributed by atoms with E-state index in [9.17, 15) is 19.5 Å². The first-order valence-corrected chi connectivity index (χ1v) is 6.03. The van der Waals surface area contributed by atoms with Crippen molar-refractivity contribution in [3.8, 4) is 0 Å². The zero-order valence-corrected chi connectivity index (χ0v) is 11.0. The van der Waals surface area contributed by atoms with E-state index in [4.69, 9.17) is 4.74 Å². The summed E-state index contributed by atoms with van der Waals surface area (Å²) >= 11 is 0. The molecule has 2 unspecified atom stereocenters. The molecule has 0 spiro atoms. The average Bonchev–Trinajstić information content (AvgIpc) is 2.30. The van der Waals surface area contributed by atoms with Crippen LogP contribution in [0.4, 0.5) is 0 Å². The van der Waals surface area contributed by atoms with Gasteiger partial charge in [-0.15, -0.1) is 0 Å². The van der Waals surface area contributed by atoms with E-state index in [1.807, 2.05) is 0 Å². The number of rotatable bonds is 8. The van der Waals surface area contributed by atoms with E-state index in [0.29, 0.717) is 6.42 Å². The number of hydrogen-bond donors (Lipinski definition) is 1. The molecule has 6 nitrogen and oxygen atoms in total. The molecule has 0 heterocycles. The van der Waals surface area contributed by atoms with Crippen molar-refractivity contribution in [1.82, 2.24) is 0 Å². The van der Waals surface area contributed by atoms with Gasteiger partial charge < -0.3 is 14.6 Å². The number of carbonyl (C=O) groups excluding carboxylic acids is 3. The zero-order chi connectivity index (χ0) is 14.1. The maximum Gasteiger partial charge on any atom is 0.336 e. The van der Waals surface area contributed by atoms with Gasteiger partial charge >= 0.3 is 11.9 Å². The number of aliphatic hydroxyl groups is 1. The van der Waals surface area contributed by atoms with Crippen molar-refractivity contribution in [2.45, 2.75) is 39.7 Å². The van der Waals surface area contributed by atoms with E-state index in [1.165, 1.54) is 0 Å². The van der Waals surface area contributed by atoms with Gasteiger partial charge in [-0.05, 0) is 20.3 Å². The van der Waals surface area contributed by atoms with Crippen molar-refractivity contribution in [2.75, 3.05) is 13.2 Å². The molecule has 0 aromatic rings. The molecule has 0 fully saturated rings. The molecule has 0 aromatic heterocycles. The Kier molecular flexibility index (Phi) is 7.94. The Bertz CT molecular complexity index is 281. The van der Waals surface area contributed by atoms with Gasteiger partial charge in [0.25, 0.3) is 0 Å². The molecule has 0 bridgehead atoms. The molecule has 0 aromatic carbocycles. The Morgan fingerprint density at radius 1 is 1.00 bits per heavy atom. The molecule has 0 aliphatic heterocycles. The lowest BCUT2D eigenvalue weighted by atomic mass is 9.94. The molecule has 0 aliphatic rings. The van der Waals surface area contributed by atoms with E-state index in [-0.39, 0.29) is 19.6 Å². The molecule has 1 N–H and O–H groups in total. The molecule has 6 heteroatoms. The van der Waals surface area contributed by atoms with Gasteiger partial charge in [0, 0.05) is 6.42 Å². The second-order valence-corrected chi connectivity index (χ2v) is 3.64. The standard InChI is InChI=1S/C12H20O6/c1-4-7-8(13)9(11(15)17-5-2)10(14)12(16)18-6-3/h9-10,14H,4-7H2,1-3H3. The predicted octanol–water partition coefficient (Wildman–Crippen LogP) is 0.459. The minimum atomic E-state index is -1.80. The van der Waals surface area contributed by atoms with Crippen molar-refractivity contribution >= 4 is 17.7 Å². The topological polar surface area (TPSA) is 89.9 Å². The SMILES string of the molecule is CCCC(=O)C(C(=O)OCC)C(O)C(=O)OCC. The smallest absolute Gasteiger partial charge is 0.336 e. The molecule has 2 atom stereocenters. The first kappa shape index (κ1) is 16.6. The van der Waals surface area contributed by atoms with Gasteiger partial charge in [0.1, 0.15) is 5.78 Å². The van der Waals surface area contributed by atoms with Crippen molar-refractivity contribution in [1.29, 1.82) is 0 Å². The third kappa shape index (κ3) is 4.83. The molecule has 0 saturated heterocycles. The lowest BCUT2D eigenvalue weighted by Gasteiger charge is -2.18. The molecule has 0 saturated carbocycles. The minimum absolute atomic E-state index is 0.0629. The molecular weight excluding hydrogens is 240 g/mol. The lowest BCUT2D eigenvalue weighted by molar-refractivity contribution is -0.168. The zero-order valence-electron chi connectivity index (χ0n) is 11.0. The van der Waals surface area contributed by atoms with Crippen LogP contribution in [0.5, 0.6) is 0 Å². The minimum Gasteiger partial charge on any atom is -0.465 e. The van der Waals surface area contributed by atoms with E-state index in [2.05, 4.69) is 4.74 Å². The van der Waals surface area contributed by atoms with Gasteiger partial charge in [-0.1, -0.05) is 6.92 Å². The van der Waals surface area contributed by atoms with Crippen LogP contribution in [0.15, 0.2) is 0 Å². The molecule has 0 radical (unpaired) electrons. The van der Waals surface area contributed by atoms with Crippen LogP contribution in [0.25, 0.3) is 0 Å². The highest BCUT2D eigenvalue weighted by atomic mass is 16.6. The number of ether oxygens (including phenoxy) is 2. The van der Waals surface area contributed by atoms with Crippen LogP contribution in [0, 0.1) is 5.92 Å². The monoisotopic (exact) mass is 260 g/mol. The maximum atomic E-state index is 11.7. The molecule has 18 heavy (non-hydrogen) atoms. The molecule has 0 rings (SSSR count). The second kappa shape index (κ2) is 8.63. The van der Waals surface area contributed by atoms with E-state index in [0.717, 1.165) is 0 Å². The number of esters is 2. The number of aliphatic hydroxyl groups excluding tert-OH is 1. The Morgan fingerprint density at radius 3 is 1.94 bits per heavy atom. The van der Waals surface area contributed by atoms with E-state index < -0.39 is 29.7 Å². The summed E-state index contributed by atoms with van der Waals surface area (Å²) in [7, 11) is 0. The largest absolute Gasteiger partial charge is 0.465 e. The van der Waals surface area contributed by atoms with Gasteiger partial charge in [-0.3, -0.25) is 9.59 Å². The molecular formula is C12H20O6. The van der Waals surface area contributed by atoms with Crippen LogP contribution in [0.3, 0.4) is 0 Å². The Hall–Kier alpha value is -1.43. The van der Waals surface area contributed by atoms with Gasteiger partial charge in [-0.25, -0.2) is 4.79 Å². The van der Waals surface area contributed by atoms with Crippen LogP contribution in [0.1, 0.15) is 33.6 Å². The fourth-order valence-electron chi connectivity index (χ4n) is 1.43. The van der Waals surface area contributed by atoms with Gasteiger partial charge in [-0.2, -0.15) is 0 Å². The summed E-state index contributed by atoms with van der Waals surface area (Å²) in [4.78, 5) is 34.7. The van der Waals surface area contributed by atoms with E-state index in [1.54, 1.807) is 20.8 Å². The van der Waals surface area contributed by atoms with Gasteiger partial charge in [0.05, 0.1) is 13.2 Å². The van der Waals surface area contributed by atoms with Crippen molar-refractivity contribution in [3.05, 3.63) is 0 Å². The third-order valence-corrected chi connectivity index (χ3v) is 2.23. The second-order valence-electron chi connectivity index (χ2n) is 3.64. The summed E-state index contributed by atoms with van der Waals surface area (Å²) in [5, 5.41) is 9.71. The summed E-state index contributed by atoms with van der Waals surface area (Å²) in [6.45, 7) is 5.04. The Labute approximate surface area is 106 Å². The highest BCUT2D eigenvalue weighted by Crippen LogP contribution is 2.13. The summed E-state index contributed by atoms with van der Waals surface area (Å²) in [6, 6.07) is 0. The van der Waals surface area contributed by atoms with Crippen molar-refractivity contribution < 1.29 is 29.0 Å². The van der Waals surface area contributed by atoms with Crippen LogP contribution in [0.2, 0.25) is 0 Å². The molecule has 104 valence electrons. The van der Waals surface area contributed by atoms with Crippen molar-refractivity contribution in [3.63, 3.8) is 0 Å². The first-order chi connectivity index (χ1) is 8.49. The summed E-state index contributed by atoms with van der Waals surface area (Å²) in [6.07, 6.45) is -1.19. The number of hydrogen-bond acceptors (Lipinski definition) is 6.